The zero-order valence-corrected chi connectivity index (χ0v) is 14.8. The van der Waals surface area contributed by atoms with E-state index in [0.717, 1.165) is 31.5 Å². The lowest BCUT2D eigenvalue weighted by atomic mass is 9.95. The van der Waals surface area contributed by atoms with Gasteiger partial charge in [-0.1, -0.05) is 19.4 Å². The molecule has 1 aromatic heterocycles. The number of piperidine rings is 1. The van der Waals surface area contributed by atoms with Crippen LogP contribution < -0.4 is 5.32 Å². The lowest BCUT2D eigenvalue weighted by molar-refractivity contribution is 0.0634. The quantitative estimate of drug-likeness (QED) is 0.895. The molecule has 0 radical (unpaired) electrons. The van der Waals surface area contributed by atoms with E-state index in [1.165, 1.54) is 12.8 Å². The van der Waals surface area contributed by atoms with Gasteiger partial charge < -0.3 is 4.74 Å². The Kier molecular flexibility index (Phi) is 5.99. The Morgan fingerprint density at radius 1 is 1.43 bits per heavy atom. The summed E-state index contributed by atoms with van der Waals surface area (Å²) >= 11 is 0. The summed E-state index contributed by atoms with van der Waals surface area (Å²) < 4.78 is 5.35. The molecule has 5 heteroatoms. The Hall–Kier alpha value is -1.62. The molecule has 128 valence electrons. The summed E-state index contributed by atoms with van der Waals surface area (Å²) in [5.74, 6) is 0.620. The van der Waals surface area contributed by atoms with Gasteiger partial charge in [-0.3, -0.25) is 10.2 Å². The van der Waals surface area contributed by atoms with Gasteiger partial charge in [0.1, 0.15) is 11.4 Å². The fourth-order valence-electron chi connectivity index (χ4n) is 3.09. The monoisotopic (exact) mass is 319 g/mol. The molecule has 1 aliphatic rings. The number of likely N-dealkylation sites (tertiary alicyclic amines) is 1. The van der Waals surface area contributed by atoms with Gasteiger partial charge in [0.05, 0.1) is 0 Å². The Morgan fingerprint density at radius 3 is 2.91 bits per heavy atom. The van der Waals surface area contributed by atoms with Crippen LogP contribution in [0.25, 0.3) is 0 Å². The highest BCUT2D eigenvalue weighted by Gasteiger charge is 2.27. The fraction of sp³-hybridized carbons (Fsp3) is 0.667. The first-order valence-corrected chi connectivity index (χ1v) is 8.59. The smallest absolute Gasteiger partial charge is 0.413 e. The second-order valence-electron chi connectivity index (χ2n) is 7.12. The molecule has 0 aliphatic carbocycles. The molecule has 1 fully saturated rings. The number of nitrogens with zero attached hydrogens (tertiary/aromatic N) is 2. The summed E-state index contributed by atoms with van der Waals surface area (Å²) in [6.45, 7) is 9.96. The van der Waals surface area contributed by atoms with Crippen molar-refractivity contribution in [1.82, 2.24) is 9.88 Å². The zero-order valence-electron chi connectivity index (χ0n) is 14.8. The number of pyridine rings is 1. The van der Waals surface area contributed by atoms with Crippen molar-refractivity contribution in [3.8, 4) is 0 Å². The molecule has 0 bridgehead atoms. The van der Waals surface area contributed by atoms with E-state index < -0.39 is 11.7 Å². The molecule has 0 spiro atoms. The number of ether oxygens (including phenoxy) is 1. The number of amides is 1. The summed E-state index contributed by atoms with van der Waals surface area (Å²) in [6, 6.07) is 4.33. The topological polar surface area (TPSA) is 54.5 Å². The third-order valence-corrected chi connectivity index (χ3v) is 3.94. The van der Waals surface area contributed by atoms with Crippen molar-refractivity contribution in [3.63, 3.8) is 0 Å². The van der Waals surface area contributed by atoms with Gasteiger partial charge in [-0.05, 0) is 59.2 Å². The molecular formula is C18H29N3O2. The molecule has 23 heavy (non-hydrogen) atoms. The van der Waals surface area contributed by atoms with Crippen molar-refractivity contribution in [2.75, 3.05) is 18.4 Å². The molecule has 1 atom stereocenters. The summed E-state index contributed by atoms with van der Waals surface area (Å²) in [4.78, 5) is 19.0. The lowest BCUT2D eigenvalue weighted by Gasteiger charge is -2.36. The van der Waals surface area contributed by atoms with E-state index in [0.29, 0.717) is 11.9 Å². The van der Waals surface area contributed by atoms with Crippen molar-refractivity contribution in [3.05, 3.63) is 23.9 Å². The minimum absolute atomic E-state index is 0.322. The van der Waals surface area contributed by atoms with Crippen molar-refractivity contribution >= 4 is 11.9 Å². The fourth-order valence-corrected chi connectivity index (χ4v) is 3.09. The highest BCUT2D eigenvalue weighted by molar-refractivity contribution is 5.84. The summed E-state index contributed by atoms with van der Waals surface area (Å²) in [7, 11) is 0. The molecule has 1 N–H and O–H groups in total. The predicted molar refractivity (Wildman–Crippen MR) is 92.5 cm³/mol. The van der Waals surface area contributed by atoms with Crippen molar-refractivity contribution < 1.29 is 9.53 Å². The van der Waals surface area contributed by atoms with Gasteiger partial charge in [-0.25, -0.2) is 9.78 Å². The Labute approximate surface area is 139 Å². The van der Waals surface area contributed by atoms with Crippen LogP contribution in [0.15, 0.2) is 18.3 Å². The molecular weight excluding hydrogens is 290 g/mol. The van der Waals surface area contributed by atoms with E-state index >= 15 is 0 Å². The van der Waals surface area contributed by atoms with Gasteiger partial charge in [0, 0.05) is 17.8 Å². The molecule has 0 aromatic carbocycles. The first-order valence-electron chi connectivity index (χ1n) is 8.59. The first kappa shape index (κ1) is 17.7. The number of carbonyl (C=O) groups is 1. The Bertz CT molecular complexity index is 523. The van der Waals surface area contributed by atoms with Gasteiger partial charge in [0.15, 0.2) is 0 Å². The molecule has 1 aliphatic heterocycles. The van der Waals surface area contributed by atoms with Crippen molar-refractivity contribution in [2.24, 2.45) is 0 Å². The number of carbonyl (C=O) groups excluding carboxylic acids is 1. The maximum atomic E-state index is 12.1. The molecule has 1 amide bonds. The summed E-state index contributed by atoms with van der Waals surface area (Å²) in [6.07, 6.45) is 5.95. The number of nitrogens with one attached hydrogen (secondary N) is 1. The molecule has 2 rings (SSSR count). The molecule has 5 nitrogen and oxygen atoms in total. The zero-order chi connectivity index (χ0) is 16.9. The van der Waals surface area contributed by atoms with Crippen LogP contribution in [0, 0.1) is 0 Å². The highest BCUT2D eigenvalue weighted by Crippen LogP contribution is 2.34. The molecule has 0 saturated carbocycles. The van der Waals surface area contributed by atoms with Crippen LogP contribution >= 0.6 is 0 Å². The van der Waals surface area contributed by atoms with Crippen LogP contribution in [0.1, 0.15) is 65.0 Å². The van der Waals surface area contributed by atoms with Crippen molar-refractivity contribution in [2.45, 2.75) is 65.0 Å². The normalized spacial score (nSPS) is 19.4. The second kappa shape index (κ2) is 7.77. The van der Waals surface area contributed by atoms with Gasteiger partial charge >= 0.3 is 6.09 Å². The van der Waals surface area contributed by atoms with Crippen LogP contribution in [0.4, 0.5) is 10.6 Å². The van der Waals surface area contributed by atoms with Crippen LogP contribution in [0.5, 0.6) is 0 Å². The average Bonchev–Trinajstić information content (AvgIpc) is 2.47. The third kappa shape index (κ3) is 5.20. The number of aromatic nitrogens is 1. The van der Waals surface area contributed by atoms with Gasteiger partial charge in [-0.15, -0.1) is 0 Å². The van der Waals surface area contributed by atoms with E-state index in [1.807, 2.05) is 26.8 Å². The molecule has 2 heterocycles. The highest BCUT2D eigenvalue weighted by atomic mass is 16.6. The number of hydrogen-bond donors (Lipinski definition) is 1. The van der Waals surface area contributed by atoms with Gasteiger partial charge in [0.2, 0.25) is 0 Å². The SMILES string of the molecule is CCCN1CCCC[C@H]1c1cccnc1NC(=O)OC(C)(C)C. The van der Waals surface area contributed by atoms with E-state index in [9.17, 15) is 4.79 Å². The Morgan fingerprint density at radius 2 is 2.22 bits per heavy atom. The van der Waals surface area contributed by atoms with Crippen molar-refractivity contribution in [1.29, 1.82) is 0 Å². The Balaban J connectivity index is 2.17. The van der Waals surface area contributed by atoms with E-state index in [2.05, 4.69) is 28.2 Å². The third-order valence-electron chi connectivity index (χ3n) is 3.94. The number of rotatable bonds is 4. The second-order valence-corrected chi connectivity index (χ2v) is 7.12. The number of anilines is 1. The maximum absolute atomic E-state index is 12.1. The number of hydrogen-bond acceptors (Lipinski definition) is 4. The lowest BCUT2D eigenvalue weighted by Crippen LogP contribution is -2.35. The van der Waals surface area contributed by atoms with Crippen LogP contribution in [0.3, 0.4) is 0 Å². The van der Waals surface area contributed by atoms with Gasteiger partial charge in [-0.2, -0.15) is 0 Å². The van der Waals surface area contributed by atoms with Crippen LogP contribution in [-0.2, 0) is 4.74 Å². The van der Waals surface area contributed by atoms with E-state index in [4.69, 9.17) is 4.74 Å². The van der Waals surface area contributed by atoms with Gasteiger partial charge in [0.25, 0.3) is 0 Å². The van der Waals surface area contributed by atoms with Crippen LogP contribution in [-0.4, -0.2) is 34.7 Å². The minimum atomic E-state index is -0.516. The van der Waals surface area contributed by atoms with E-state index in [1.54, 1.807) is 6.20 Å². The average molecular weight is 319 g/mol. The largest absolute Gasteiger partial charge is 0.444 e. The first-order chi connectivity index (χ1) is 10.9. The standard InChI is InChI=1S/C18H29N3O2/c1-5-12-21-13-7-6-10-15(21)14-9-8-11-19-16(14)20-17(22)23-18(2,3)4/h8-9,11,15H,5-7,10,12-13H2,1-4H3,(H,19,20,22)/t15-/m0/s1. The molecule has 0 unspecified atom stereocenters. The predicted octanol–water partition coefficient (Wildman–Crippen LogP) is 4.37. The van der Waals surface area contributed by atoms with Crippen LogP contribution in [0.2, 0.25) is 0 Å². The molecule has 1 aromatic rings. The molecule has 1 saturated heterocycles. The summed E-state index contributed by atoms with van der Waals surface area (Å²) in [5.41, 5.74) is 0.574. The minimum Gasteiger partial charge on any atom is -0.444 e. The van der Waals surface area contributed by atoms with E-state index in [-0.39, 0.29) is 0 Å². The summed E-state index contributed by atoms with van der Waals surface area (Å²) in [5, 5.41) is 2.83. The maximum Gasteiger partial charge on any atom is 0.413 e.